The van der Waals surface area contributed by atoms with Crippen molar-refractivity contribution in [2.45, 2.75) is 0 Å². The molecule has 0 bridgehead atoms. The van der Waals surface area contributed by atoms with Gasteiger partial charge >= 0.3 is 0 Å². The van der Waals surface area contributed by atoms with Crippen molar-refractivity contribution in [3.63, 3.8) is 0 Å². The Morgan fingerprint density at radius 1 is 0.892 bits per heavy atom. The summed E-state index contributed by atoms with van der Waals surface area (Å²) in [5, 5.41) is 11.7. The fourth-order valence-corrected chi connectivity index (χ4v) is 4.45. The zero-order chi connectivity index (χ0) is 25.8. The number of nitrogens with zero attached hydrogens (tertiary/aromatic N) is 3. The lowest BCUT2D eigenvalue weighted by Gasteiger charge is -2.34. The zero-order valence-corrected chi connectivity index (χ0v) is 21.0. The van der Waals surface area contributed by atoms with Crippen molar-refractivity contribution in [1.82, 2.24) is 9.88 Å². The van der Waals surface area contributed by atoms with Crippen molar-refractivity contribution in [2.75, 3.05) is 45.2 Å². The molecule has 4 aromatic rings. The molecule has 0 spiro atoms. The Labute approximate surface area is 216 Å². The third-order valence-electron chi connectivity index (χ3n) is 6.71. The molecule has 0 radical (unpaired) electrons. The van der Waals surface area contributed by atoms with Gasteiger partial charge in [0.2, 0.25) is 5.88 Å². The number of aliphatic imine (C=N–C) groups is 1. The summed E-state index contributed by atoms with van der Waals surface area (Å²) in [4.78, 5) is 24.3. The van der Waals surface area contributed by atoms with Gasteiger partial charge in [-0.1, -0.05) is 30.4 Å². The summed E-state index contributed by atoms with van der Waals surface area (Å²) in [6, 6.07) is 21.4. The lowest BCUT2D eigenvalue weighted by molar-refractivity contribution is 0.313. The van der Waals surface area contributed by atoms with Gasteiger partial charge in [-0.15, -0.1) is 0 Å². The number of anilines is 1. The van der Waals surface area contributed by atoms with E-state index in [1.165, 1.54) is 5.69 Å². The molecule has 0 aliphatic carbocycles. The van der Waals surface area contributed by atoms with Crippen LogP contribution >= 0.6 is 0 Å². The molecule has 7 heteroatoms. The van der Waals surface area contributed by atoms with Gasteiger partial charge in [0.25, 0.3) is 5.56 Å². The van der Waals surface area contributed by atoms with Crippen molar-refractivity contribution < 1.29 is 9.84 Å². The number of methoxy groups -OCH3 is 1. The van der Waals surface area contributed by atoms with Crippen LogP contribution in [0.25, 0.3) is 22.9 Å². The molecule has 5 rings (SSSR count). The Hall–Kier alpha value is -4.36. The van der Waals surface area contributed by atoms with E-state index >= 15 is 0 Å². The van der Waals surface area contributed by atoms with Gasteiger partial charge in [-0.05, 0) is 66.7 Å². The number of piperazine rings is 1. The standard InChI is InChI=1S/C30H30N4O3/c1-33-15-17-34(18-16-33)24-10-8-23(9-11-24)31-20-28-27-19-22(7-14-26(27)29(35)32-30(28)36)4-3-21-5-12-25(37-2)13-6-21/h3-14,19-20H,15-18H2,1-2H3,(H2,32,35,36)/b4-3+,31-20?. The first-order valence-corrected chi connectivity index (χ1v) is 12.3. The first-order chi connectivity index (χ1) is 18.0. The highest BCUT2D eigenvalue weighted by molar-refractivity contribution is 6.02. The third kappa shape index (κ3) is 5.57. The van der Waals surface area contributed by atoms with Crippen molar-refractivity contribution in [3.8, 4) is 11.6 Å². The number of aromatic hydroxyl groups is 1. The average molecular weight is 495 g/mol. The molecule has 0 saturated carbocycles. The maximum atomic E-state index is 12.5. The molecule has 37 heavy (non-hydrogen) atoms. The molecule has 3 aromatic carbocycles. The van der Waals surface area contributed by atoms with Crippen LogP contribution in [0.2, 0.25) is 0 Å². The Morgan fingerprint density at radius 3 is 2.27 bits per heavy atom. The van der Waals surface area contributed by atoms with E-state index in [2.05, 4.69) is 39.0 Å². The number of benzene rings is 3. The molecule has 1 aromatic heterocycles. The van der Waals surface area contributed by atoms with E-state index in [1.807, 2.05) is 60.7 Å². The highest BCUT2D eigenvalue weighted by Gasteiger charge is 2.14. The lowest BCUT2D eigenvalue weighted by atomic mass is 10.0. The van der Waals surface area contributed by atoms with E-state index in [0.717, 1.165) is 48.7 Å². The molecule has 7 nitrogen and oxygen atoms in total. The van der Waals surface area contributed by atoms with Gasteiger partial charge in [0.05, 0.1) is 18.4 Å². The van der Waals surface area contributed by atoms with Crippen LogP contribution in [0.3, 0.4) is 0 Å². The van der Waals surface area contributed by atoms with Gasteiger partial charge in [-0.3, -0.25) is 14.8 Å². The average Bonchev–Trinajstić information content (AvgIpc) is 2.93. The number of hydrogen-bond donors (Lipinski definition) is 2. The van der Waals surface area contributed by atoms with Crippen LogP contribution in [0.1, 0.15) is 16.7 Å². The van der Waals surface area contributed by atoms with Crippen molar-refractivity contribution in [3.05, 3.63) is 93.8 Å². The molecular formula is C30H30N4O3. The predicted molar refractivity (Wildman–Crippen MR) is 152 cm³/mol. The monoisotopic (exact) mass is 494 g/mol. The van der Waals surface area contributed by atoms with Crippen LogP contribution in [-0.2, 0) is 0 Å². The molecule has 1 aliphatic heterocycles. The number of aromatic nitrogens is 1. The first-order valence-electron chi connectivity index (χ1n) is 12.3. The molecule has 2 heterocycles. The SMILES string of the molecule is COc1ccc(/C=C/c2ccc3c(=O)[nH]c(O)c(C=Nc4ccc(N5CCN(C)CC5)cc4)c3c2)cc1. The van der Waals surface area contributed by atoms with Crippen molar-refractivity contribution in [1.29, 1.82) is 0 Å². The fraction of sp³-hybridized carbons (Fsp3) is 0.200. The summed E-state index contributed by atoms with van der Waals surface area (Å²) in [5.41, 5.74) is 4.00. The van der Waals surface area contributed by atoms with Gasteiger partial charge < -0.3 is 19.6 Å². The summed E-state index contributed by atoms with van der Waals surface area (Å²) in [6.45, 7) is 4.11. The largest absolute Gasteiger partial charge is 0.497 e. The molecule has 0 unspecified atom stereocenters. The zero-order valence-electron chi connectivity index (χ0n) is 21.0. The number of H-pyrrole nitrogens is 1. The number of likely N-dealkylation sites (N-methyl/N-ethyl adjacent to an activating group) is 1. The molecule has 0 atom stereocenters. The molecule has 1 fully saturated rings. The van der Waals surface area contributed by atoms with Gasteiger partial charge in [0.15, 0.2) is 0 Å². The normalized spacial score (nSPS) is 14.7. The van der Waals surface area contributed by atoms with Crippen LogP contribution in [0.4, 0.5) is 11.4 Å². The van der Waals surface area contributed by atoms with Crippen LogP contribution in [0, 0.1) is 0 Å². The first kappa shape index (κ1) is 24.3. The van der Waals surface area contributed by atoms with E-state index < -0.39 is 0 Å². The minimum absolute atomic E-state index is 0.202. The third-order valence-corrected chi connectivity index (χ3v) is 6.71. The number of fused-ring (bicyclic) bond motifs is 1. The summed E-state index contributed by atoms with van der Waals surface area (Å²) in [6.07, 6.45) is 5.57. The minimum Gasteiger partial charge on any atom is -0.497 e. The second-order valence-electron chi connectivity index (χ2n) is 9.19. The number of pyridine rings is 1. The topological polar surface area (TPSA) is 81.2 Å². The summed E-state index contributed by atoms with van der Waals surface area (Å²) >= 11 is 0. The van der Waals surface area contributed by atoms with Crippen LogP contribution < -0.4 is 15.2 Å². The second-order valence-corrected chi connectivity index (χ2v) is 9.19. The number of hydrogen-bond acceptors (Lipinski definition) is 6. The lowest BCUT2D eigenvalue weighted by Crippen LogP contribution is -2.44. The fourth-order valence-electron chi connectivity index (χ4n) is 4.45. The van der Waals surface area contributed by atoms with E-state index in [-0.39, 0.29) is 11.4 Å². The maximum Gasteiger partial charge on any atom is 0.258 e. The molecular weight excluding hydrogens is 464 g/mol. The highest BCUT2D eigenvalue weighted by Crippen LogP contribution is 2.25. The molecule has 1 saturated heterocycles. The van der Waals surface area contributed by atoms with Gasteiger partial charge in [-0.25, -0.2) is 0 Å². The number of ether oxygens (including phenoxy) is 1. The number of nitrogens with one attached hydrogen (secondary N) is 1. The van der Waals surface area contributed by atoms with Crippen molar-refractivity contribution in [2.24, 2.45) is 4.99 Å². The Morgan fingerprint density at radius 2 is 1.57 bits per heavy atom. The molecule has 0 amide bonds. The van der Waals surface area contributed by atoms with Crippen LogP contribution in [0.15, 0.2) is 76.5 Å². The Kier molecular flexibility index (Phi) is 7.05. The van der Waals surface area contributed by atoms with Gasteiger partial charge in [0.1, 0.15) is 5.75 Å². The molecule has 188 valence electrons. The summed E-state index contributed by atoms with van der Waals surface area (Å²) in [5.74, 6) is 0.599. The van der Waals surface area contributed by atoms with E-state index in [0.29, 0.717) is 16.3 Å². The summed E-state index contributed by atoms with van der Waals surface area (Å²) in [7, 11) is 3.78. The maximum absolute atomic E-state index is 12.5. The van der Waals surface area contributed by atoms with Crippen LogP contribution in [0.5, 0.6) is 11.6 Å². The van der Waals surface area contributed by atoms with E-state index in [1.54, 1.807) is 19.4 Å². The molecule has 1 aliphatic rings. The molecule has 2 N–H and O–H groups in total. The smallest absolute Gasteiger partial charge is 0.258 e. The predicted octanol–water partition coefficient (Wildman–Crippen LogP) is 4.92. The van der Waals surface area contributed by atoms with Gasteiger partial charge in [0, 0.05) is 48.9 Å². The van der Waals surface area contributed by atoms with E-state index in [4.69, 9.17) is 4.74 Å². The minimum atomic E-state index is -0.341. The Balaban J connectivity index is 1.41. The summed E-state index contributed by atoms with van der Waals surface area (Å²) < 4.78 is 5.21. The van der Waals surface area contributed by atoms with Crippen molar-refractivity contribution >= 4 is 40.5 Å². The van der Waals surface area contributed by atoms with Gasteiger partial charge in [-0.2, -0.15) is 0 Å². The van der Waals surface area contributed by atoms with E-state index in [9.17, 15) is 9.90 Å². The quantitative estimate of drug-likeness (QED) is 0.294. The Bertz CT molecular complexity index is 1500. The number of aromatic amines is 1. The highest BCUT2D eigenvalue weighted by atomic mass is 16.5. The second kappa shape index (κ2) is 10.7. The van der Waals surface area contributed by atoms with Crippen LogP contribution in [-0.4, -0.2) is 61.5 Å². The number of rotatable bonds is 6.